The number of hydrogen-bond donors (Lipinski definition) is 1. The van der Waals surface area contributed by atoms with Gasteiger partial charge in [-0.3, -0.25) is 4.79 Å². The van der Waals surface area contributed by atoms with Gasteiger partial charge in [0.1, 0.15) is 5.75 Å². The molecule has 0 heterocycles. The Kier molecular flexibility index (Phi) is 7.26. The zero-order valence-electron chi connectivity index (χ0n) is 13.0. The normalized spacial score (nSPS) is 12.4. The second-order valence-corrected chi connectivity index (χ2v) is 5.22. The molecule has 0 fully saturated rings. The second kappa shape index (κ2) is 8.72. The molecule has 0 radical (unpaired) electrons. The van der Waals surface area contributed by atoms with Crippen molar-refractivity contribution in [3.05, 3.63) is 29.8 Å². The second-order valence-electron chi connectivity index (χ2n) is 5.22. The lowest BCUT2D eigenvalue weighted by molar-refractivity contribution is 0.0950. The number of likely N-dealkylation sites (N-methyl/N-ethyl adjacent to an activating group) is 1. The number of carbonyl (C=O) groups is 1. The third-order valence-electron chi connectivity index (χ3n) is 3.01. The average molecular weight is 278 g/mol. The van der Waals surface area contributed by atoms with Gasteiger partial charge in [-0.1, -0.05) is 6.92 Å². The minimum absolute atomic E-state index is 0.116. The van der Waals surface area contributed by atoms with E-state index in [4.69, 9.17) is 4.74 Å². The van der Waals surface area contributed by atoms with Crippen molar-refractivity contribution in [2.24, 2.45) is 0 Å². The first kappa shape index (κ1) is 16.7. The van der Waals surface area contributed by atoms with Gasteiger partial charge in [-0.15, -0.1) is 0 Å². The molecule has 0 aliphatic heterocycles. The van der Waals surface area contributed by atoms with Crippen molar-refractivity contribution in [3.8, 4) is 5.75 Å². The molecule has 0 spiro atoms. The Balaban J connectivity index is 2.49. The maximum Gasteiger partial charge on any atom is 0.179 e. The van der Waals surface area contributed by atoms with E-state index in [-0.39, 0.29) is 11.8 Å². The van der Waals surface area contributed by atoms with Gasteiger partial charge in [-0.2, -0.15) is 0 Å². The molecule has 0 saturated carbocycles. The molecule has 4 heteroatoms. The highest BCUT2D eigenvalue weighted by atomic mass is 16.5. The molecule has 1 N–H and O–H groups in total. The van der Waals surface area contributed by atoms with E-state index < -0.39 is 0 Å². The van der Waals surface area contributed by atoms with Crippen molar-refractivity contribution in [2.45, 2.75) is 26.3 Å². The van der Waals surface area contributed by atoms with Crippen molar-refractivity contribution >= 4 is 5.78 Å². The number of carbonyl (C=O) groups excluding carboxylic acids is 1. The zero-order valence-corrected chi connectivity index (χ0v) is 13.0. The first-order valence-electron chi connectivity index (χ1n) is 7.19. The number of nitrogens with zero attached hydrogens (tertiary/aromatic N) is 1. The Morgan fingerprint density at radius 3 is 2.50 bits per heavy atom. The molecular weight excluding hydrogens is 252 g/mol. The molecule has 20 heavy (non-hydrogen) atoms. The van der Waals surface area contributed by atoms with E-state index in [9.17, 15) is 4.79 Å². The lowest BCUT2D eigenvalue weighted by Crippen LogP contribution is -2.38. The molecule has 0 aliphatic rings. The number of rotatable bonds is 9. The fraction of sp³-hybridized carbons (Fsp3) is 0.562. The topological polar surface area (TPSA) is 41.6 Å². The minimum atomic E-state index is -0.169. The smallest absolute Gasteiger partial charge is 0.179 e. The van der Waals surface area contributed by atoms with Crippen LogP contribution in [0.5, 0.6) is 5.75 Å². The molecule has 4 nitrogen and oxygen atoms in total. The minimum Gasteiger partial charge on any atom is -0.494 e. The first-order chi connectivity index (χ1) is 9.54. The summed E-state index contributed by atoms with van der Waals surface area (Å²) < 4.78 is 5.51. The Labute approximate surface area is 122 Å². The summed E-state index contributed by atoms with van der Waals surface area (Å²) in [5.74, 6) is 0.933. The molecule has 0 amide bonds. The summed E-state index contributed by atoms with van der Waals surface area (Å²) >= 11 is 0. The van der Waals surface area contributed by atoms with Crippen LogP contribution >= 0.6 is 0 Å². The lowest BCUT2D eigenvalue weighted by atomic mass is 10.1. The average Bonchev–Trinajstić information content (AvgIpc) is 2.44. The summed E-state index contributed by atoms with van der Waals surface area (Å²) in [6, 6.07) is 7.21. The first-order valence-corrected chi connectivity index (χ1v) is 7.19. The predicted octanol–water partition coefficient (Wildman–Crippen LogP) is 2.20. The van der Waals surface area contributed by atoms with Crippen LogP contribution in [0.25, 0.3) is 0 Å². The summed E-state index contributed by atoms with van der Waals surface area (Å²) in [4.78, 5) is 14.3. The number of hydrogen-bond acceptors (Lipinski definition) is 4. The molecule has 1 unspecified atom stereocenters. The zero-order chi connectivity index (χ0) is 15.0. The van der Waals surface area contributed by atoms with Crippen LogP contribution < -0.4 is 10.1 Å². The van der Waals surface area contributed by atoms with Crippen molar-refractivity contribution in [3.63, 3.8) is 0 Å². The lowest BCUT2D eigenvalue weighted by Gasteiger charge is -2.15. The van der Waals surface area contributed by atoms with E-state index in [0.717, 1.165) is 30.8 Å². The van der Waals surface area contributed by atoms with E-state index >= 15 is 0 Å². The van der Waals surface area contributed by atoms with Crippen molar-refractivity contribution in [1.82, 2.24) is 10.2 Å². The molecule has 1 rings (SSSR count). The fourth-order valence-corrected chi connectivity index (χ4v) is 1.78. The molecule has 112 valence electrons. The number of Topliss-reactive ketones (excluding diaryl/α,β-unsaturated/α-hetero) is 1. The van der Waals surface area contributed by atoms with Gasteiger partial charge in [0.15, 0.2) is 5.78 Å². The van der Waals surface area contributed by atoms with Crippen LogP contribution in [-0.4, -0.2) is 50.5 Å². The van der Waals surface area contributed by atoms with Crippen LogP contribution in [0.15, 0.2) is 24.3 Å². The quantitative estimate of drug-likeness (QED) is 0.703. The number of ketones is 1. The molecule has 0 aliphatic carbocycles. The van der Waals surface area contributed by atoms with Gasteiger partial charge in [0.2, 0.25) is 0 Å². The number of ether oxygens (including phenoxy) is 1. The SMILES string of the molecule is CCCOc1ccc(C(=O)C(C)NCCN(C)C)cc1. The third-order valence-corrected chi connectivity index (χ3v) is 3.01. The van der Waals surface area contributed by atoms with Gasteiger partial charge >= 0.3 is 0 Å². The van der Waals surface area contributed by atoms with Gasteiger partial charge in [0.05, 0.1) is 12.6 Å². The van der Waals surface area contributed by atoms with E-state index in [0.29, 0.717) is 6.61 Å². The Hall–Kier alpha value is -1.39. The molecule has 1 atom stereocenters. The molecule has 0 saturated heterocycles. The molecule has 0 bridgehead atoms. The summed E-state index contributed by atoms with van der Waals surface area (Å²) in [5.41, 5.74) is 0.721. The Bertz CT molecular complexity index is 401. The predicted molar refractivity (Wildman–Crippen MR) is 82.6 cm³/mol. The van der Waals surface area contributed by atoms with Crippen LogP contribution in [-0.2, 0) is 0 Å². The van der Waals surface area contributed by atoms with E-state index in [2.05, 4.69) is 17.1 Å². The maximum absolute atomic E-state index is 12.2. The van der Waals surface area contributed by atoms with Gasteiger partial charge in [0, 0.05) is 18.7 Å². The van der Waals surface area contributed by atoms with Crippen molar-refractivity contribution in [1.29, 1.82) is 0 Å². The largest absolute Gasteiger partial charge is 0.494 e. The van der Waals surface area contributed by atoms with Crippen LogP contribution in [0, 0.1) is 0 Å². The number of nitrogens with one attached hydrogen (secondary N) is 1. The highest BCUT2D eigenvalue weighted by Gasteiger charge is 2.14. The molecule has 1 aromatic carbocycles. The Morgan fingerprint density at radius 1 is 1.30 bits per heavy atom. The molecule has 0 aromatic heterocycles. The van der Waals surface area contributed by atoms with E-state index in [1.165, 1.54) is 0 Å². The fourth-order valence-electron chi connectivity index (χ4n) is 1.78. The third kappa shape index (κ3) is 5.72. The molecular formula is C16H26N2O2. The highest BCUT2D eigenvalue weighted by Crippen LogP contribution is 2.13. The van der Waals surface area contributed by atoms with Crippen LogP contribution in [0.1, 0.15) is 30.6 Å². The summed E-state index contributed by atoms with van der Waals surface area (Å²) in [6.07, 6.45) is 0.980. The summed E-state index contributed by atoms with van der Waals surface area (Å²) in [5, 5.41) is 3.24. The van der Waals surface area contributed by atoms with Gasteiger partial charge in [-0.05, 0) is 51.7 Å². The summed E-state index contributed by atoms with van der Waals surface area (Å²) in [6.45, 7) is 6.40. The van der Waals surface area contributed by atoms with Crippen LogP contribution in [0.2, 0.25) is 0 Å². The van der Waals surface area contributed by atoms with E-state index in [1.54, 1.807) is 0 Å². The van der Waals surface area contributed by atoms with Crippen molar-refractivity contribution in [2.75, 3.05) is 33.8 Å². The maximum atomic E-state index is 12.2. The monoisotopic (exact) mass is 278 g/mol. The van der Waals surface area contributed by atoms with Crippen LogP contribution in [0.3, 0.4) is 0 Å². The van der Waals surface area contributed by atoms with Gasteiger partial charge in [-0.25, -0.2) is 0 Å². The highest BCUT2D eigenvalue weighted by molar-refractivity contribution is 5.99. The van der Waals surface area contributed by atoms with Crippen LogP contribution in [0.4, 0.5) is 0 Å². The van der Waals surface area contributed by atoms with Crippen molar-refractivity contribution < 1.29 is 9.53 Å². The van der Waals surface area contributed by atoms with Gasteiger partial charge in [0.25, 0.3) is 0 Å². The van der Waals surface area contributed by atoms with Gasteiger partial charge < -0.3 is 15.0 Å². The Morgan fingerprint density at radius 2 is 1.95 bits per heavy atom. The molecule has 1 aromatic rings. The number of benzene rings is 1. The van der Waals surface area contributed by atoms with E-state index in [1.807, 2.05) is 45.3 Å². The summed E-state index contributed by atoms with van der Waals surface area (Å²) in [7, 11) is 4.03. The standard InChI is InChI=1S/C16H26N2O2/c1-5-12-20-15-8-6-14(7-9-15)16(19)13(2)17-10-11-18(3)4/h6-9,13,17H,5,10-12H2,1-4H3.